The molecule has 182 valence electrons. The van der Waals surface area contributed by atoms with Crippen molar-refractivity contribution in [3.05, 3.63) is 46.7 Å². The molecule has 0 unspecified atom stereocenters. The number of urea groups is 1. The van der Waals surface area contributed by atoms with Crippen molar-refractivity contribution < 1.29 is 28.3 Å². The zero-order valence-corrected chi connectivity index (χ0v) is 19.6. The Morgan fingerprint density at radius 1 is 1.20 bits per heavy atom. The number of amides is 4. The summed E-state index contributed by atoms with van der Waals surface area (Å²) < 4.78 is 20.0. The topological polar surface area (TPSA) is 123 Å². The van der Waals surface area contributed by atoms with Crippen molar-refractivity contribution >= 4 is 45.4 Å². The predicted octanol–water partition coefficient (Wildman–Crippen LogP) is 2.98. The van der Waals surface area contributed by atoms with Gasteiger partial charge in [-0.05, 0) is 50.1 Å². The zero-order chi connectivity index (χ0) is 24.7. The lowest BCUT2D eigenvalue weighted by Crippen LogP contribution is -2.51. The maximum atomic E-state index is 13.3. The van der Waals surface area contributed by atoms with Gasteiger partial charge in [-0.25, -0.2) is 18.7 Å². The van der Waals surface area contributed by atoms with Crippen molar-refractivity contribution in [1.29, 1.82) is 0 Å². The number of carbonyl (C=O) groups is 4. The summed E-state index contributed by atoms with van der Waals surface area (Å²) in [6, 6.07) is 6.73. The lowest BCUT2D eigenvalue weighted by Gasteiger charge is -2.30. The van der Waals surface area contributed by atoms with Gasteiger partial charge in [-0.15, -0.1) is 11.3 Å². The van der Waals surface area contributed by atoms with Crippen molar-refractivity contribution in [3.8, 4) is 5.69 Å². The van der Waals surface area contributed by atoms with Crippen LogP contribution in [0.2, 0.25) is 0 Å². The number of halogens is 1. The average Bonchev–Trinajstić information content (AvgIpc) is 3.48. The van der Waals surface area contributed by atoms with Crippen molar-refractivity contribution in [1.82, 2.24) is 25.5 Å². The highest BCUT2D eigenvalue weighted by atomic mass is 32.1. The fraction of sp³-hybridized carbons (Fsp3) is 0.348. The Morgan fingerprint density at radius 2 is 1.91 bits per heavy atom. The van der Waals surface area contributed by atoms with E-state index in [9.17, 15) is 23.6 Å². The minimum absolute atomic E-state index is 0.250. The van der Waals surface area contributed by atoms with E-state index in [0.717, 1.165) is 36.0 Å². The third-order valence-electron chi connectivity index (χ3n) is 6.26. The van der Waals surface area contributed by atoms with Gasteiger partial charge in [0.15, 0.2) is 6.61 Å². The number of hydrazine groups is 1. The number of thiophene rings is 1. The highest BCUT2D eigenvalue weighted by molar-refractivity contribution is 7.20. The van der Waals surface area contributed by atoms with Crippen molar-refractivity contribution in [3.63, 3.8) is 0 Å². The number of hydrogen-bond donors (Lipinski definition) is 2. The van der Waals surface area contributed by atoms with Crippen LogP contribution in [-0.4, -0.2) is 50.7 Å². The number of benzene rings is 1. The molecule has 2 aromatic heterocycles. The van der Waals surface area contributed by atoms with Gasteiger partial charge < -0.3 is 10.1 Å². The molecule has 0 radical (unpaired) electrons. The van der Waals surface area contributed by atoms with Crippen LogP contribution in [0.5, 0.6) is 0 Å². The second kappa shape index (κ2) is 8.77. The lowest BCUT2D eigenvalue weighted by molar-refractivity contribution is -0.140. The molecule has 1 aromatic carbocycles. The number of ether oxygens (including phenoxy) is 1. The summed E-state index contributed by atoms with van der Waals surface area (Å²) in [6.07, 6.45) is 3.68. The molecule has 1 aliphatic heterocycles. The Balaban J connectivity index is 1.24. The molecular formula is C23H22FN5O5S. The van der Waals surface area contributed by atoms with E-state index >= 15 is 0 Å². The first-order valence-electron chi connectivity index (χ1n) is 11.2. The number of nitrogens with zero attached hydrogens (tertiary/aromatic N) is 3. The van der Waals surface area contributed by atoms with Gasteiger partial charge in [0.1, 0.15) is 21.1 Å². The molecule has 12 heteroatoms. The molecule has 2 N–H and O–H groups in total. The van der Waals surface area contributed by atoms with E-state index in [4.69, 9.17) is 4.74 Å². The summed E-state index contributed by atoms with van der Waals surface area (Å²) in [4.78, 5) is 50.9. The zero-order valence-electron chi connectivity index (χ0n) is 18.8. The van der Waals surface area contributed by atoms with Crippen LogP contribution >= 0.6 is 11.3 Å². The number of aromatic nitrogens is 2. The second-order valence-corrected chi connectivity index (χ2v) is 9.66. The smallest absolute Gasteiger partial charge is 0.348 e. The van der Waals surface area contributed by atoms with E-state index in [1.54, 1.807) is 29.8 Å². The molecule has 1 saturated heterocycles. The van der Waals surface area contributed by atoms with Crippen LogP contribution in [0.1, 0.15) is 47.5 Å². The Bertz CT molecular complexity index is 1340. The highest BCUT2D eigenvalue weighted by Crippen LogP contribution is 2.33. The van der Waals surface area contributed by atoms with Gasteiger partial charge in [0, 0.05) is 5.39 Å². The summed E-state index contributed by atoms with van der Waals surface area (Å²) in [5.74, 6) is -2.39. The highest BCUT2D eigenvalue weighted by Gasteiger charge is 2.52. The Kier molecular flexibility index (Phi) is 5.75. The number of nitrogens with one attached hydrogen (secondary N) is 2. The van der Waals surface area contributed by atoms with Gasteiger partial charge in [0.05, 0.1) is 11.4 Å². The predicted molar refractivity (Wildman–Crippen MR) is 123 cm³/mol. The van der Waals surface area contributed by atoms with Gasteiger partial charge in [-0.2, -0.15) is 10.1 Å². The van der Waals surface area contributed by atoms with Gasteiger partial charge in [-0.3, -0.25) is 15.0 Å². The number of rotatable bonds is 5. The van der Waals surface area contributed by atoms with Crippen molar-refractivity contribution in [2.45, 2.75) is 44.6 Å². The molecule has 3 heterocycles. The van der Waals surface area contributed by atoms with Gasteiger partial charge in [0.2, 0.25) is 0 Å². The Labute approximate surface area is 203 Å². The Hall–Kier alpha value is -3.80. The summed E-state index contributed by atoms with van der Waals surface area (Å²) in [7, 11) is 0. The molecule has 1 saturated carbocycles. The summed E-state index contributed by atoms with van der Waals surface area (Å²) in [6.45, 7) is 1.12. The normalized spacial score (nSPS) is 17.1. The minimum Gasteiger partial charge on any atom is -0.451 e. The molecule has 0 atom stereocenters. The molecule has 2 fully saturated rings. The lowest BCUT2D eigenvalue weighted by atomic mass is 9.82. The molecular weight excluding hydrogens is 477 g/mol. The minimum atomic E-state index is -0.966. The van der Waals surface area contributed by atoms with Crippen molar-refractivity contribution in [2.75, 3.05) is 6.61 Å². The van der Waals surface area contributed by atoms with E-state index in [0.29, 0.717) is 34.1 Å². The first kappa shape index (κ1) is 23.0. The number of imide groups is 1. The summed E-state index contributed by atoms with van der Waals surface area (Å²) >= 11 is 1.12. The van der Waals surface area contributed by atoms with Crippen LogP contribution in [0.25, 0.3) is 15.9 Å². The summed E-state index contributed by atoms with van der Waals surface area (Å²) in [5.41, 5.74) is 2.58. The van der Waals surface area contributed by atoms with Crippen LogP contribution in [0.4, 0.5) is 9.18 Å². The van der Waals surface area contributed by atoms with Crippen LogP contribution in [-0.2, 0) is 14.3 Å². The molecule has 3 aromatic rings. The fourth-order valence-electron chi connectivity index (χ4n) is 4.48. The number of hydrogen-bond acceptors (Lipinski definition) is 7. The SMILES string of the molecule is Cc1nn(-c2ccc(F)cc2)c2sc(C(=O)OCC(=O)NN3C(=O)NC4(CCCCC4)C3=O)cc12. The van der Waals surface area contributed by atoms with E-state index in [1.165, 1.54) is 12.1 Å². The average molecular weight is 500 g/mol. The number of fused-ring (bicyclic) bond motifs is 1. The molecule has 4 amide bonds. The third kappa shape index (κ3) is 4.14. The number of carbonyl (C=O) groups excluding carboxylic acids is 4. The first-order chi connectivity index (χ1) is 16.8. The molecule has 35 heavy (non-hydrogen) atoms. The van der Waals surface area contributed by atoms with E-state index in [-0.39, 0.29) is 10.7 Å². The van der Waals surface area contributed by atoms with Crippen LogP contribution in [0.15, 0.2) is 30.3 Å². The molecule has 10 nitrogen and oxygen atoms in total. The Morgan fingerprint density at radius 3 is 2.63 bits per heavy atom. The molecule has 1 aliphatic carbocycles. The molecule has 0 bridgehead atoms. The van der Waals surface area contributed by atoms with E-state index in [2.05, 4.69) is 15.8 Å². The first-order valence-corrected chi connectivity index (χ1v) is 12.0. The van der Waals surface area contributed by atoms with Gasteiger partial charge in [-0.1, -0.05) is 19.3 Å². The second-order valence-electron chi connectivity index (χ2n) is 8.63. The quantitative estimate of drug-likeness (QED) is 0.411. The van der Waals surface area contributed by atoms with Gasteiger partial charge >= 0.3 is 12.0 Å². The number of aryl methyl sites for hydroxylation is 1. The molecule has 1 spiro atoms. The largest absolute Gasteiger partial charge is 0.451 e. The monoisotopic (exact) mass is 499 g/mol. The molecule has 5 rings (SSSR count). The van der Waals surface area contributed by atoms with Gasteiger partial charge in [0.25, 0.3) is 11.8 Å². The standard InChI is InChI=1S/C23H22FN5O5S/c1-13-16-11-17(35-19(16)28(26-13)15-7-5-14(24)6-8-15)20(31)34-12-18(30)27-29-21(32)23(25-22(29)33)9-3-2-4-10-23/h5-8,11H,2-4,9-10,12H2,1H3,(H,25,33)(H,27,30). The van der Waals surface area contributed by atoms with E-state index in [1.807, 2.05) is 0 Å². The van der Waals surface area contributed by atoms with Crippen LogP contribution in [0.3, 0.4) is 0 Å². The number of esters is 1. The maximum Gasteiger partial charge on any atom is 0.348 e. The summed E-state index contributed by atoms with van der Waals surface area (Å²) in [5, 5.41) is 8.53. The molecule has 2 aliphatic rings. The van der Waals surface area contributed by atoms with Crippen molar-refractivity contribution in [2.24, 2.45) is 0 Å². The maximum absolute atomic E-state index is 13.3. The van der Waals surface area contributed by atoms with Crippen LogP contribution < -0.4 is 10.7 Å². The fourth-order valence-corrected chi connectivity index (χ4v) is 5.56. The van der Waals surface area contributed by atoms with Crippen LogP contribution in [0, 0.1) is 12.7 Å². The van der Waals surface area contributed by atoms with E-state index < -0.39 is 36.0 Å². The third-order valence-corrected chi connectivity index (χ3v) is 7.35.